The van der Waals surface area contributed by atoms with E-state index in [1.165, 1.54) is 14.7 Å². The maximum Gasteiger partial charge on any atom is 0.314 e. The van der Waals surface area contributed by atoms with Crippen LogP contribution in [-0.2, 0) is 20.5 Å². The van der Waals surface area contributed by atoms with Crippen molar-refractivity contribution in [2.75, 3.05) is 0 Å². The van der Waals surface area contributed by atoms with Crippen LogP contribution in [0, 0.1) is 5.41 Å². The Labute approximate surface area is 167 Å². The number of carbonyl (C=O) groups is 2. The highest BCUT2D eigenvalue weighted by Crippen LogP contribution is 2.30. The lowest BCUT2D eigenvalue weighted by atomic mass is 9.95. The molecular formula is C23H22O4S. The predicted molar refractivity (Wildman–Crippen MR) is 108 cm³/mol. The van der Waals surface area contributed by atoms with Gasteiger partial charge in [-0.3, -0.25) is 4.79 Å². The number of hydrogen-bond donors (Lipinski definition) is 1. The number of hydrogen-bond acceptors (Lipinski definition) is 3. The lowest BCUT2D eigenvalue weighted by molar-refractivity contribution is -0.316. The Morgan fingerprint density at radius 3 is 1.18 bits per heavy atom. The Kier molecular flexibility index (Phi) is 7.41. The molecule has 0 bridgehead atoms. The Balaban J connectivity index is 0.000000266. The van der Waals surface area contributed by atoms with Crippen LogP contribution >= 0.6 is 0 Å². The topological polar surface area (TPSA) is 77.4 Å². The van der Waals surface area contributed by atoms with Crippen molar-refractivity contribution >= 4 is 22.8 Å². The summed E-state index contributed by atoms with van der Waals surface area (Å²) in [5.41, 5.74) is -1.78. The highest BCUT2D eigenvalue weighted by atomic mass is 32.2. The van der Waals surface area contributed by atoms with Crippen LogP contribution in [0.25, 0.3) is 0 Å². The molecule has 0 saturated carbocycles. The van der Waals surface area contributed by atoms with E-state index in [9.17, 15) is 14.7 Å². The first-order chi connectivity index (χ1) is 13.3. The monoisotopic (exact) mass is 394 g/mol. The maximum atomic E-state index is 10.0. The van der Waals surface area contributed by atoms with E-state index >= 15 is 0 Å². The summed E-state index contributed by atoms with van der Waals surface area (Å²) in [6.45, 7) is 2.15. The number of aliphatic carboxylic acids is 2. The summed E-state index contributed by atoms with van der Waals surface area (Å²) in [6, 6.07) is 32.2. The minimum atomic E-state index is -1.78. The Bertz CT molecular complexity index is 784. The molecule has 0 atom stereocenters. The van der Waals surface area contributed by atoms with Crippen molar-refractivity contribution in [3.8, 4) is 0 Å². The molecule has 0 unspecified atom stereocenters. The Hall–Kier alpha value is -3.05. The van der Waals surface area contributed by atoms with Crippen molar-refractivity contribution in [1.29, 1.82) is 0 Å². The van der Waals surface area contributed by atoms with Crippen molar-refractivity contribution in [2.45, 2.75) is 28.5 Å². The average Bonchev–Trinajstić information content (AvgIpc) is 2.71. The second-order valence-corrected chi connectivity index (χ2v) is 8.49. The Morgan fingerprint density at radius 1 is 0.714 bits per heavy atom. The number of rotatable bonds is 5. The molecular weight excluding hydrogens is 372 g/mol. The highest BCUT2D eigenvalue weighted by molar-refractivity contribution is 7.97. The summed E-state index contributed by atoms with van der Waals surface area (Å²) in [7, 11) is -0.0146. The van der Waals surface area contributed by atoms with Crippen LogP contribution in [0.2, 0.25) is 0 Å². The molecule has 144 valence electrons. The second kappa shape index (κ2) is 9.76. The summed E-state index contributed by atoms with van der Waals surface area (Å²) < 4.78 is 0. The third-order valence-corrected chi connectivity index (χ3v) is 6.21. The largest absolute Gasteiger partial charge is 0.549 e. The van der Waals surface area contributed by atoms with Gasteiger partial charge in [0, 0.05) is 0 Å². The van der Waals surface area contributed by atoms with E-state index in [1.807, 2.05) is 0 Å². The van der Waals surface area contributed by atoms with E-state index < -0.39 is 17.4 Å². The summed E-state index contributed by atoms with van der Waals surface area (Å²) in [5, 5.41) is 18.2. The molecule has 5 heteroatoms. The zero-order valence-electron chi connectivity index (χ0n) is 15.7. The SMILES string of the molecule is CC(C)(C(=O)[O-])C(=O)O.c1ccc([S+](c2ccccc2)c2ccccc2)cc1. The summed E-state index contributed by atoms with van der Waals surface area (Å²) in [6.07, 6.45) is 0. The van der Waals surface area contributed by atoms with Crippen LogP contribution in [-0.4, -0.2) is 17.0 Å². The molecule has 0 fully saturated rings. The van der Waals surface area contributed by atoms with Crippen molar-refractivity contribution in [3.63, 3.8) is 0 Å². The fraction of sp³-hybridized carbons (Fsp3) is 0.130. The number of carbonyl (C=O) groups excluding carboxylic acids is 1. The lowest BCUT2D eigenvalue weighted by Crippen LogP contribution is -2.43. The van der Waals surface area contributed by atoms with Gasteiger partial charge in [0.15, 0.2) is 14.7 Å². The fourth-order valence-electron chi connectivity index (χ4n) is 2.17. The van der Waals surface area contributed by atoms with E-state index in [4.69, 9.17) is 5.11 Å². The van der Waals surface area contributed by atoms with Gasteiger partial charge in [0.05, 0.1) is 16.9 Å². The van der Waals surface area contributed by atoms with Crippen molar-refractivity contribution in [2.24, 2.45) is 5.41 Å². The van der Waals surface area contributed by atoms with E-state index in [1.54, 1.807) is 0 Å². The molecule has 1 N–H and O–H groups in total. The fourth-order valence-corrected chi connectivity index (χ4v) is 4.27. The van der Waals surface area contributed by atoms with Gasteiger partial charge in [-0.05, 0) is 50.2 Å². The maximum absolute atomic E-state index is 10.0. The van der Waals surface area contributed by atoms with Crippen LogP contribution in [0.15, 0.2) is 106 Å². The third kappa shape index (κ3) is 5.47. The van der Waals surface area contributed by atoms with E-state index in [0.717, 1.165) is 13.8 Å². The zero-order chi connectivity index (χ0) is 20.6. The van der Waals surface area contributed by atoms with Crippen molar-refractivity contribution in [3.05, 3.63) is 91.0 Å². The standard InChI is InChI=1S/C18H15S.C5H8O4/c1-4-10-16(11-5-1)19(17-12-6-2-7-13-17)18-14-8-3-9-15-18;1-5(2,3(6)7)4(8)9/h1-15H;1-2H3,(H,6,7)(H,8,9)/q+1;/p-1. The highest BCUT2D eigenvalue weighted by Gasteiger charge is 2.28. The summed E-state index contributed by atoms with van der Waals surface area (Å²) in [4.78, 5) is 24.1. The first kappa shape index (κ1) is 21.3. The van der Waals surface area contributed by atoms with Gasteiger partial charge in [0.25, 0.3) is 0 Å². The average molecular weight is 394 g/mol. The molecule has 3 rings (SSSR count). The molecule has 28 heavy (non-hydrogen) atoms. The van der Waals surface area contributed by atoms with E-state index in [0.29, 0.717) is 0 Å². The van der Waals surface area contributed by atoms with Gasteiger partial charge >= 0.3 is 5.97 Å². The van der Waals surface area contributed by atoms with Crippen LogP contribution in [0.3, 0.4) is 0 Å². The molecule has 3 aromatic carbocycles. The minimum absolute atomic E-state index is 0.0146. The van der Waals surface area contributed by atoms with Crippen LogP contribution in [0.1, 0.15) is 13.8 Å². The first-order valence-corrected chi connectivity index (χ1v) is 9.91. The predicted octanol–water partition coefficient (Wildman–Crippen LogP) is 3.63. The van der Waals surface area contributed by atoms with Gasteiger partial charge in [-0.25, -0.2) is 0 Å². The zero-order valence-corrected chi connectivity index (χ0v) is 16.6. The van der Waals surface area contributed by atoms with Crippen molar-refractivity contribution in [1.82, 2.24) is 0 Å². The molecule has 0 saturated heterocycles. The summed E-state index contributed by atoms with van der Waals surface area (Å²) in [5.74, 6) is -2.96. The molecule has 0 spiro atoms. The van der Waals surface area contributed by atoms with Gasteiger partial charge in [-0.2, -0.15) is 0 Å². The minimum Gasteiger partial charge on any atom is -0.549 e. The molecule has 0 radical (unpaired) electrons. The molecule has 0 aromatic heterocycles. The first-order valence-electron chi connectivity index (χ1n) is 8.68. The smallest absolute Gasteiger partial charge is 0.314 e. The Morgan fingerprint density at radius 2 is 1.00 bits per heavy atom. The van der Waals surface area contributed by atoms with E-state index in [2.05, 4.69) is 91.0 Å². The lowest BCUT2D eigenvalue weighted by Gasteiger charge is -2.19. The quantitative estimate of drug-likeness (QED) is 0.529. The third-order valence-electron chi connectivity index (χ3n) is 3.98. The summed E-state index contributed by atoms with van der Waals surface area (Å²) >= 11 is 0. The number of carboxylic acid groups (broad SMARTS) is 2. The van der Waals surface area contributed by atoms with Gasteiger partial charge in [-0.1, -0.05) is 54.6 Å². The van der Waals surface area contributed by atoms with Crippen molar-refractivity contribution < 1.29 is 19.8 Å². The van der Waals surface area contributed by atoms with Gasteiger partial charge < -0.3 is 15.0 Å². The molecule has 0 aliphatic heterocycles. The van der Waals surface area contributed by atoms with Gasteiger partial charge in [0.2, 0.25) is 0 Å². The molecule has 0 aliphatic carbocycles. The molecule has 0 aliphatic rings. The molecule has 0 amide bonds. The van der Waals surface area contributed by atoms with Gasteiger partial charge in [0.1, 0.15) is 5.41 Å². The molecule has 3 aromatic rings. The number of carboxylic acids is 2. The normalized spacial score (nSPS) is 10.7. The van der Waals surface area contributed by atoms with Gasteiger partial charge in [-0.15, -0.1) is 0 Å². The number of benzene rings is 3. The van der Waals surface area contributed by atoms with Crippen LogP contribution in [0.5, 0.6) is 0 Å². The van der Waals surface area contributed by atoms with Crippen LogP contribution < -0.4 is 5.11 Å². The second-order valence-electron chi connectivity index (χ2n) is 6.46. The van der Waals surface area contributed by atoms with E-state index in [-0.39, 0.29) is 10.9 Å². The molecule has 4 nitrogen and oxygen atoms in total. The van der Waals surface area contributed by atoms with Crippen LogP contribution in [0.4, 0.5) is 0 Å². The molecule has 0 heterocycles.